The molecule has 4 heteroatoms. The molecule has 0 radical (unpaired) electrons. The minimum Gasteiger partial charge on any atom is -0.391 e. The predicted molar refractivity (Wildman–Crippen MR) is 54.6 cm³/mol. The van der Waals surface area contributed by atoms with E-state index < -0.39 is 18.0 Å². The molecule has 0 unspecified atom stereocenters. The lowest BCUT2D eigenvalue weighted by Gasteiger charge is -2.18. The summed E-state index contributed by atoms with van der Waals surface area (Å²) in [7, 11) is 0. The van der Waals surface area contributed by atoms with Crippen LogP contribution in [0.5, 0.6) is 0 Å². The molecule has 0 fully saturated rings. The second-order valence-electron chi connectivity index (χ2n) is 3.17. The lowest BCUT2D eigenvalue weighted by Crippen LogP contribution is -2.26. The SMILES string of the molecule is CC[C@@H](O)[C@@H](N)c1ccc(Cl)cc1F. The third-order valence-corrected chi connectivity index (χ3v) is 2.39. The van der Waals surface area contributed by atoms with Crippen molar-refractivity contribution in [1.29, 1.82) is 0 Å². The van der Waals surface area contributed by atoms with Crippen LogP contribution in [0.1, 0.15) is 24.9 Å². The number of benzene rings is 1. The molecule has 0 saturated carbocycles. The molecule has 0 saturated heterocycles. The topological polar surface area (TPSA) is 46.2 Å². The lowest BCUT2D eigenvalue weighted by molar-refractivity contribution is 0.139. The van der Waals surface area contributed by atoms with Crippen molar-refractivity contribution in [1.82, 2.24) is 0 Å². The van der Waals surface area contributed by atoms with Crippen LogP contribution in [-0.4, -0.2) is 11.2 Å². The summed E-state index contributed by atoms with van der Waals surface area (Å²) in [6.07, 6.45) is -0.242. The van der Waals surface area contributed by atoms with E-state index in [1.54, 1.807) is 13.0 Å². The van der Waals surface area contributed by atoms with Crippen LogP contribution in [0.2, 0.25) is 5.02 Å². The van der Waals surface area contributed by atoms with Crippen LogP contribution >= 0.6 is 11.6 Å². The second kappa shape index (κ2) is 4.73. The summed E-state index contributed by atoms with van der Waals surface area (Å²) in [5.41, 5.74) is 5.96. The summed E-state index contributed by atoms with van der Waals surface area (Å²) in [5.74, 6) is -0.475. The zero-order chi connectivity index (χ0) is 10.7. The molecular weight excluding hydrogens is 205 g/mol. The number of hydrogen-bond acceptors (Lipinski definition) is 2. The van der Waals surface area contributed by atoms with Crippen molar-refractivity contribution in [2.75, 3.05) is 0 Å². The van der Waals surface area contributed by atoms with E-state index in [-0.39, 0.29) is 0 Å². The highest BCUT2D eigenvalue weighted by Crippen LogP contribution is 2.22. The number of rotatable bonds is 3. The summed E-state index contributed by atoms with van der Waals surface area (Å²) in [6, 6.07) is 3.56. The van der Waals surface area contributed by atoms with Gasteiger partial charge in [-0.1, -0.05) is 24.6 Å². The summed E-state index contributed by atoms with van der Waals surface area (Å²) in [5, 5.41) is 9.77. The number of hydrogen-bond donors (Lipinski definition) is 2. The first-order chi connectivity index (χ1) is 6.56. The Morgan fingerprint density at radius 2 is 2.21 bits per heavy atom. The van der Waals surface area contributed by atoms with Crippen LogP contribution in [0.4, 0.5) is 4.39 Å². The van der Waals surface area contributed by atoms with E-state index in [0.717, 1.165) is 0 Å². The fraction of sp³-hybridized carbons (Fsp3) is 0.400. The third kappa shape index (κ3) is 2.44. The van der Waals surface area contributed by atoms with Gasteiger partial charge in [0.1, 0.15) is 5.82 Å². The van der Waals surface area contributed by atoms with Gasteiger partial charge in [0.2, 0.25) is 0 Å². The minimum absolute atomic E-state index is 0.295. The van der Waals surface area contributed by atoms with Gasteiger partial charge in [0.15, 0.2) is 0 Å². The molecular formula is C10H13ClFNO. The van der Waals surface area contributed by atoms with Crippen molar-refractivity contribution >= 4 is 11.6 Å². The zero-order valence-electron chi connectivity index (χ0n) is 7.87. The minimum atomic E-state index is -0.731. The van der Waals surface area contributed by atoms with E-state index >= 15 is 0 Å². The maximum Gasteiger partial charge on any atom is 0.129 e. The number of aliphatic hydroxyl groups is 1. The van der Waals surface area contributed by atoms with Crippen molar-refractivity contribution < 1.29 is 9.50 Å². The molecule has 1 rings (SSSR count). The number of nitrogens with two attached hydrogens (primary N) is 1. The summed E-state index contributed by atoms with van der Waals surface area (Å²) < 4.78 is 13.3. The molecule has 0 bridgehead atoms. The van der Waals surface area contributed by atoms with Gasteiger partial charge in [-0.25, -0.2) is 4.39 Å². The zero-order valence-corrected chi connectivity index (χ0v) is 8.63. The van der Waals surface area contributed by atoms with Gasteiger partial charge in [-0.3, -0.25) is 0 Å². The Labute approximate surface area is 87.5 Å². The monoisotopic (exact) mass is 217 g/mol. The van der Waals surface area contributed by atoms with Gasteiger partial charge in [-0.15, -0.1) is 0 Å². The van der Waals surface area contributed by atoms with Gasteiger partial charge < -0.3 is 10.8 Å². The van der Waals surface area contributed by atoms with Gasteiger partial charge in [-0.05, 0) is 18.6 Å². The van der Waals surface area contributed by atoms with E-state index in [1.807, 2.05) is 0 Å². The van der Waals surface area contributed by atoms with Crippen LogP contribution in [-0.2, 0) is 0 Å². The standard InChI is InChI=1S/C10H13ClFNO/c1-2-9(14)10(13)7-4-3-6(11)5-8(7)12/h3-5,9-10,14H,2,13H2,1H3/t9-,10+/m1/s1. The molecule has 0 spiro atoms. The molecule has 2 atom stereocenters. The second-order valence-corrected chi connectivity index (χ2v) is 3.60. The Bertz CT molecular complexity index is 319. The predicted octanol–water partition coefficient (Wildman–Crippen LogP) is 2.25. The van der Waals surface area contributed by atoms with Gasteiger partial charge in [0.25, 0.3) is 0 Å². The van der Waals surface area contributed by atoms with Crippen LogP contribution in [0.25, 0.3) is 0 Å². The molecule has 78 valence electrons. The van der Waals surface area contributed by atoms with E-state index in [4.69, 9.17) is 17.3 Å². The molecule has 1 aromatic rings. The summed E-state index contributed by atoms with van der Waals surface area (Å²) in [4.78, 5) is 0. The molecule has 14 heavy (non-hydrogen) atoms. The average molecular weight is 218 g/mol. The van der Waals surface area contributed by atoms with Gasteiger partial charge in [0, 0.05) is 10.6 Å². The fourth-order valence-corrected chi connectivity index (χ4v) is 1.39. The summed E-state index contributed by atoms with van der Waals surface area (Å²) >= 11 is 5.59. The average Bonchev–Trinajstić information content (AvgIpc) is 2.15. The van der Waals surface area contributed by atoms with Crippen molar-refractivity contribution in [3.05, 3.63) is 34.6 Å². The molecule has 0 aromatic heterocycles. The van der Waals surface area contributed by atoms with E-state index in [2.05, 4.69) is 0 Å². The maximum absolute atomic E-state index is 13.3. The first-order valence-electron chi connectivity index (χ1n) is 4.44. The Kier molecular flexibility index (Phi) is 3.86. The van der Waals surface area contributed by atoms with E-state index in [1.165, 1.54) is 12.1 Å². The van der Waals surface area contributed by atoms with Crippen molar-refractivity contribution in [2.45, 2.75) is 25.5 Å². The first kappa shape index (κ1) is 11.4. The summed E-state index contributed by atoms with van der Waals surface area (Å²) in [6.45, 7) is 1.79. The van der Waals surface area contributed by atoms with Crippen LogP contribution in [0, 0.1) is 5.82 Å². The Morgan fingerprint density at radius 1 is 1.57 bits per heavy atom. The third-order valence-electron chi connectivity index (χ3n) is 2.15. The fourth-order valence-electron chi connectivity index (χ4n) is 1.23. The highest BCUT2D eigenvalue weighted by Gasteiger charge is 2.18. The highest BCUT2D eigenvalue weighted by molar-refractivity contribution is 6.30. The maximum atomic E-state index is 13.3. The Hall–Kier alpha value is -0.640. The van der Waals surface area contributed by atoms with Crippen molar-refractivity contribution in [2.24, 2.45) is 5.73 Å². The molecule has 0 aliphatic carbocycles. The van der Waals surface area contributed by atoms with Crippen molar-refractivity contribution in [3.8, 4) is 0 Å². The molecule has 3 N–H and O–H groups in total. The number of aliphatic hydroxyl groups excluding tert-OH is 1. The molecule has 0 heterocycles. The van der Waals surface area contributed by atoms with Crippen LogP contribution < -0.4 is 5.73 Å². The van der Waals surface area contributed by atoms with Crippen molar-refractivity contribution in [3.63, 3.8) is 0 Å². The Morgan fingerprint density at radius 3 is 2.71 bits per heavy atom. The lowest BCUT2D eigenvalue weighted by atomic mass is 10.0. The van der Waals surface area contributed by atoms with Gasteiger partial charge in [0.05, 0.1) is 12.1 Å². The molecule has 2 nitrogen and oxygen atoms in total. The molecule has 0 aliphatic rings. The smallest absolute Gasteiger partial charge is 0.129 e. The van der Waals surface area contributed by atoms with Gasteiger partial charge in [-0.2, -0.15) is 0 Å². The molecule has 1 aromatic carbocycles. The van der Waals surface area contributed by atoms with E-state index in [0.29, 0.717) is 17.0 Å². The Balaban J connectivity index is 2.95. The molecule has 0 aliphatic heterocycles. The highest BCUT2D eigenvalue weighted by atomic mass is 35.5. The quantitative estimate of drug-likeness (QED) is 0.816. The van der Waals surface area contributed by atoms with Gasteiger partial charge >= 0.3 is 0 Å². The van der Waals surface area contributed by atoms with E-state index in [9.17, 15) is 9.50 Å². The largest absolute Gasteiger partial charge is 0.391 e. The first-order valence-corrected chi connectivity index (χ1v) is 4.82. The molecule has 0 amide bonds. The van der Waals surface area contributed by atoms with Crippen LogP contribution in [0.3, 0.4) is 0 Å². The van der Waals surface area contributed by atoms with Crippen LogP contribution in [0.15, 0.2) is 18.2 Å². The normalized spacial score (nSPS) is 15.2. The number of halogens is 2.